The molecule has 0 aromatic heterocycles. The van der Waals surface area contributed by atoms with E-state index in [-0.39, 0.29) is 0 Å². The molecular formula is C23H28O. The summed E-state index contributed by atoms with van der Waals surface area (Å²) in [4.78, 5) is 0. The van der Waals surface area contributed by atoms with Crippen LogP contribution in [0.25, 0.3) is 0 Å². The van der Waals surface area contributed by atoms with Crippen LogP contribution >= 0.6 is 0 Å². The number of aryl methyl sites for hydroxylation is 1. The smallest absolute Gasteiger partial charge is 0.115 e. The maximum Gasteiger partial charge on any atom is 0.115 e. The summed E-state index contributed by atoms with van der Waals surface area (Å²) in [7, 11) is 0. The average molecular weight is 320 g/mol. The molecule has 1 saturated carbocycles. The van der Waals surface area contributed by atoms with Crippen LogP contribution in [-0.4, -0.2) is 5.11 Å². The largest absolute Gasteiger partial charge is 0.508 e. The summed E-state index contributed by atoms with van der Waals surface area (Å²) in [6, 6.07) is 17.3. The fourth-order valence-electron chi connectivity index (χ4n) is 5.61. The van der Waals surface area contributed by atoms with Crippen molar-refractivity contribution >= 4 is 0 Å². The van der Waals surface area contributed by atoms with Crippen LogP contribution in [0.3, 0.4) is 0 Å². The normalized spacial score (nSPS) is 28.9. The first-order valence-electron chi connectivity index (χ1n) is 9.60. The quantitative estimate of drug-likeness (QED) is 0.739. The van der Waals surface area contributed by atoms with Crippen LogP contribution in [0, 0.1) is 5.92 Å². The molecule has 2 aliphatic carbocycles. The lowest BCUT2D eigenvalue weighted by atomic mass is 9.53. The molecule has 4 rings (SSSR count). The van der Waals surface area contributed by atoms with Crippen LogP contribution < -0.4 is 0 Å². The number of aromatic hydroxyl groups is 1. The second-order valence-electron chi connectivity index (χ2n) is 7.87. The zero-order chi connectivity index (χ0) is 16.6. The molecule has 0 amide bonds. The van der Waals surface area contributed by atoms with Gasteiger partial charge in [0, 0.05) is 0 Å². The van der Waals surface area contributed by atoms with E-state index < -0.39 is 0 Å². The highest BCUT2D eigenvalue weighted by Crippen LogP contribution is 2.56. The number of hydrogen-bond acceptors (Lipinski definition) is 1. The minimum absolute atomic E-state index is 0.349. The minimum atomic E-state index is 0.349. The maximum absolute atomic E-state index is 9.89. The van der Waals surface area contributed by atoms with Crippen molar-refractivity contribution in [2.24, 2.45) is 5.92 Å². The van der Waals surface area contributed by atoms with Crippen molar-refractivity contribution in [2.45, 2.75) is 63.2 Å². The molecule has 1 nitrogen and oxygen atoms in total. The summed E-state index contributed by atoms with van der Waals surface area (Å²) >= 11 is 0. The summed E-state index contributed by atoms with van der Waals surface area (Å²) in [5, 5.41) is 9.89. The number of benzene rings is 2. The van der Waals surface area contributed by atoms with Gasteiger partial charge in [-0.15, -0.1) is 0 Å². The minimum Gasteiger partial charge on any atom is -0.508 e. The molecule has 24 heavy (non-hydrogen) atoms. The van der Waals surface area contributed by atoms with Crippen molar-refractivity contribution in [3.63, 3.8) is 0 Å². The van der Waals surface area contributed by atoms with E-state index >= 15 is 0 Å². The third-order valence-electron chi connectivity index (χ3n) is 6.64. The third-order valence-corrected chi connectivity index (χ3v) is 6.64. The Labute approximate surface area is 145 Å². The molecule has 2 aliphatic rings. The molecule has 0 aliphatic heterocycles. The van der Waals surface area contributed by atoms with Gasteiger partial charge < -0.3 is 5.11 Å². The van der Waals surface area contributed by atoms with Crippen LogP contribution in [0.5, 0.6) is 5.75 Å². The molecule has 1 heteroatoms. The van der Waals surface area contributed by atoms with Crippen molar-refractivity contribution in [1.29, 1.82) is 0 Å². The SMILES string of the molecule is CCCC12CCC(c3ccccc3)CC1CCc1cc(O)ccc12. The molecule has 0 spiro atoms. The van der Waals surface area contributed by atoms with E-state index in [4.69, 9.17) is 0 Å². The predicted molar refractivity (Wildman–Crippen MR) is 99.5 cm³/mol. The first-order valence-corrected chi connectivity index (χ1v) is 9.60. The molecule has 1 fully saturated rings. The molecule has 0 radical (unpaired) electrons. The summed E-state index contributed by atoms with van der Waals surface area (Å²) in [5.41, 5.74) is 4.82. The molecule has 126 valence electrons. The van der Waals surface area contributed by atoms with Crippen LogP contribution in [0.2, 0.25) is 0 Å². The van der Waals surface area contributed by atoms with Gasteiger partial charge in [0.2, 0.25) is 0 Å². The lowest BCUT2D eigenvalue weighted by molar-refractivity contribution is 0.132. The molecule has 0 heterocycles. The highest BCUT2D eigenvalue weighted by molar-refractivity contribution is 5.43. The van der Waals surface area contributed by atoms with Gasteiger partial charge in [0.15, 0.2) is 0 Å². The molecule has 0 saturated heterocycles. The molecule has 2 aromatic rings. The average Bonchev–Trinajstić information content (AvgIpc) is 2.62. The van der Waals surface area contributed by atoms with Gasteiger partial charge in [0.1, 0.15) is 5.75 Å². The van der Waals surface area contributed by atoms with Gasteiger partial charge >= 0.3 is 0 Å². The van der Waals surface area contributed by atoms with Gasteiger partial charge in [-0.05, 0) is 84.6 Å². The summed E-state index contributed by atoms with van der Waals surface area (Å²) in [5.74, 6) is 1.94. The van der Waals surface area contributed by atoms with Crippen molar-refractivity contribution in [3.05, 3.63) is 65.2 Å². The third kappa shape index (κ3) is 2.55. The monoisotopic (exact) mass is 320 g/mol. The Balaban J connectivity index is 1.69. The Kier molecular flexibility index (Phi) is 4.12. The highest BCUT2D eigenvalue weighted by atomic mass is 16.3. The first-order chi connectivity index (χ1) is 11.7. The standard InChI is InChI=1S/C23H28O/c1-2-13-23-14-12-18(17-6-4-3-5-7-17)15-20(23)9-8-19-16-21(24)10-11-22(19)23/h3-7,10-11,16,18,20,24H,2,8-9,12-15H2,1H3. The van der Waals surface area contributed by atoms with Crippen molar-refractivity contribution in [1.82, 2.24) is 0 Å². The van der Waals surface area contributed by atoms with Crippen molar-refractivity contribution < 1.29 is 5.11 Å². The van der Waals surface area contributed by atoms with Crippen LogP contribution in [0.1, 0.15) is 68.1 Å². The number of phenols is 1. The van der Waals surface area contributed by atoms with E-state index in [1.807, 2.05) is 12.1 Å². The van der Waals surface area contributed by atoms with Crippen molar-refractivity contribution in [3.8, 4) is 5.75 Å². The Morgan fingerprint density at radius 2 is 1.92 bits per heavy atom. The van der Waals surface area contributed by atoms with E-state index in [1.54, 1.807) is 5.56 Å². The number of hydrogen-bond donors (Lipinski definition) is 1. The Morgan fingerprint density at radius 1 is 1.08 bits per heavy atom. The lowest BCUT2D eigenvalue weighted by Crippen LogP contribution is -2.43. The number of rotatable bonds is 3. The second-order valence-corrected chi connectivity index (χ2v) is 7.87. The van der Waals surface area contributed by atoms with Crippen LogP contribution in [-0.2, 0) is 11.8 Å². The molecule has 0 bridgehead atoms. The first kappa shape index (κ1) is 15.7. The number of phenolic OH excluding ortho intramolecular Hbond substituents is 1. The highest BCUT2D eigenvalue weighted by Gasteiger charge is 2.46. The lowest BCUT2D eigenvalue weighted by Gasteiger charge is -2.51. The van der Waals surface area contributed by atoms with Crippen molar-refractivity contribution in [2.75, 3.05) is 0 Å². The topological polar surface area (TPSA) is 20.2 Å². The van der Waals surface area contributed by atoms with E-state index in [1.165, 1.54) is 49.7 Å². The van der Waals surface area contributed by atoms with Gasteiger partial charge in [-0.1, -0.05) is 49.7 Å². The maximum atomic E-state index is 9.89. The molecule has 3 unspecified atom stereocenters. The Morgan fingerprint density at radius 3 is 2.71 bits per heavy atom. The van der Waals surface area contributed by atoms with E-state index in [0.29, 0.717) is 11.2 Å². The van der Waals surface area contributed by atoms with Gasteiger partial charge in [0.25, 0.3) is 0 Å². The summed E-state index contributed by atoms with van der Waals surface area (Å²) < 4.78 is 0. The van der Waals surface area contributed by atoms with Gasteiger partial charge in [-0.3, -0.25) is 0 Å². The zero-order valence-electron chi connectivity index (χ0n) is 14.7. The van der Waals surface area contributed by atoms with E-state index in [0.717, 1.165) is 18.3 Å². The molecular weight excluding hydrogens is 292 g/mol. The molecule has 1 N–H and O–H groups in total. The van der Waals surface area contributed by atoms with E-state index in [9.17, 15) is 5.11 Å². The summed E-state index contributed by atoms with van der Waals surface area (Å²) in [6.45, 7) is 2.32. The van der Waals surface area contributed by atoms with Gasteiger partial charge in [-0.2, -0.15) is 0 Å². The van der Waals surface area contributed by atoms with Gasteiger partial charge in [0.05, 0.1) is 0 Å². The fraction of sp³-hybridized carbons (Fsp3) is 0.478. The van der Waals surface area contributed by atoms with Gasteiger partial charge in [-0.25, -0.2) is 0 Å². The van der Waals surface area contributed by atoms with Crippen LogP contribution in [0.4, 0.5) is 0 Å². The second kappa shape index (κ2) is 6.27. The molecule has 2 aromatic carbocycles. The zero-order valence-corrected chi connectivity index (χ0v) is 14.7. The van der Waals surface area contributed by atoms with Crippen LogP contribution in [0.15, 0.2) is 48.5 Å². The number of fused-ring (bicyclic) bond motifs is 3. The Hall–Kier alpha value is -1.76. The molecule has 3 atom stereocenters. The fourth-order valence-corrected chi connectivity index (χ4v) is 5.61. The predicted octanol–water partition coefficient (Wildman–Crippen LogP) is 5.96. The summed E-state index contributed by atoms with van der Waals surface area (Å²) in [6.07, 6.45) is 8.85. The Bertz CT molecular complexity index is 705. The van der Waals surface area contributed by atoms with E-state index in [2.05, 4.69) is 43.3 Å².